The summed E-state index contributed by atoms with van der Waals surface area (Å²) in [4.78, 5) is 37.4. The van der Waals surface area contributed by atoms with Crippen LogP contribution < -0.4 is 21.1 Å². The number of carbonyl (C=O) groups is 3. The Morgan fingerprint density at radius 3 is 2.42 bits per heavy atom. The summed E-state index contributed by atoms with van der Waals surface area (Å²) < 4.78 is 19.8. The van der Waals surface area contributed by atoms with Gasteiger partial charge in [0.2, 0.25) is 11.8 Å². The van der Waals surface area contributed by atoms with Crippen molar-refractivity contribution in [3.8, 4) is 0 Å². The zero-order valence-corrected chi connectivity index (χ0v) is 20.3. The Kier molecular flexibility index (Phi) is 7.65. The Morgan fingerprint density at radius 1 is 1.18 bits per heavy atom. The van der Waals surface area contributed by atoms with Gasteiger partial charge in [-0.1, -0.05) is 50.0 Å². The SMILES string of the molecule is COCc1ccc([C@@H](NC(=O)[C@@H]2CNC(=O)C2)C(=O)Nc2ccc([Si](C)(C)C)c(F)c2)cc1. The van der Waals surface area contributed by atoms with E-state index in [0.29, 0.717) is 23.0 Å². The number of hydrogen-bond acceptors (Lipinski definition) is 4. The summed E-state index contributed by atoms with van der Waals surface area (Å²) in [6.07, 6.45) is 0.0797. The average molecular weight is 472 g/mol. The molecule has 1 fully saturated rings. The Morgan fingerprint density at radius 2 is 1.88 bits per heavy atom. The van der Waals surface area contributed by atoms with Crippen LogP contribution in [0.3, 0.4) is 0 Å². The minimum absolute atomic E-state index is 0.0797. The van der Waals surface area contributed by atoms with Gasteiger partial charge in [0.25, 0.3) is 5.91 Å². The first-order valence-corrected chi connectivity index (χ1v) is 14.3. The van der Waals surface area contributed by atoms with E-state index < -0.39 is 31.8 Å². The predicted octanol–water partition coefficient (Wildman–Crippen LogP) is 2.45. The molecule has 0 radical (unpaired) electrons. The number of amides is 3. The van der Waals surface area contributed by atoms with Crippen molar-refractivity contribution in [1.29, 1.82) is 0 Å². The summed E-state index contributed by atoms with van der Waals surface area (Å²) >= 11 is 0. The highest BCUT2D eigenvalue weighted by molar-refractivity contribution is 6.88. The summed E-state index contributed by atoms with van der Waals surface area (Å²) in [5.41, 5.74) is 1.80. The van der Waals surface area contributed by atoms with Gasteiger partial charge in [-0.3, -0.25) is 14.4 Å². The molecule has 0 saturated carbocycles. The first-order valence-electron chi connectivity index (χ1n) is 10.8. The number of halogens is 1. The number of nitrogens with one attached hydrogen (secondary N) is 3. The summed E-state index contributed by atoms with van der Waals surface area (Å²) in [6.45, 7) is 6.79. The largest absolute Gasteiger partial charge is 0.380 e. The van der Waals surface area contributed by atoms with Crippen molar-refractivity contribution in [3.63, 3.8) is 0 Å². The molecule has 2 aromatic carbocycles. The molecule has 2 atom stereocenters. The second kappa shape index (κ2) is 10.3. The fraction of sp³-hybridized carbons (Fsp3) is 0.375. The van der Waals surface area contributed by atoms with Gasteiger partial charge >= 0.3 is 0 Å². The van der Waals surface area contributed by atoms with Crippen molar-refractivity contribution >= 4 is 36.7 Å². The molecule has 2 aromatic rings. The van der Waals surface area contributed by atoms with E-state index in [1.54, 1.807) is 31.4 Å². The summed E-state index contributed by atoms with van der Waals surface area (Å²) in [6, 6.07) is 10.8. The van der Waals surface area contributed by atoms with E-state index in [2.05, 4.69) is 16.0 Å². The molecule has 0 unspecified atom stereocenters. The average Bonchev–Trinajstić information content (AvgIpc) is 3.18. The fourth-order valence-electron chi connectivity index (χ4n) is 3.74. The molecule has 3 amide bonds. The van der Waals surface area contributed by atoms with Gasteiger partial charge in [0.05, 0.1) is 20.6 Å². The molecule has 0 bridgehead atoms. The standard InChI is InChI=1S/C24H30FN3O4Si/c1-32-14-15-5-7-16(8-6-15)22(28-23(30)17-11-21(29)26-13-17)24(31)27-18-9-10-20(19(25)12-18)33(2,3)4/h5-10,12,17,22H,11,13-14H2,1-4H3,(H,26,29)(H,27,31)(H,28,30)/t17-,22+/m0/s1. The van der Waals surface area contributed by atoms with E-state index in [0.717, 1.165) is 5.56 Å². The molecule has 3 N–H and O–H groups in total. The molecule has 176 valence electrons. The molecule has 1 heterocycles. The smallest absolute Gasteiger partial charge is 0.251 e. The second-order valence-corrected chi connectivity index (χ2v) is 14.3. The van der Waals surface area contributed by atoms with E-state index in [1.165, 1.54) is 6.07 Å². The molecule has 1 aliphatic rings. The van der Waals surface area contributed by atoms with Gasteiger partial charge in [0, 0.05) is 25.8 Å². The van der Waals surface area contributed by atoms with Gasteiger partial charge in [-0.15, -0.1) is 0 Å². The van der Waals surface area contributed by atoms with Crippen LogP contribution >= 0.6 is 0 Å². The molecule has 0 aliphatic carbocycles. The number of benzene rings is 2. The van der Waals surface area contributed by atoms with Crippen molar-refractivity contribution in [2.45, 2.75) is 38.7 Å². The van der Waals surface area contributed by atoms with Gasteiger partial charge in [0.1, 0.15) is 11.9 Å². The van der Waals surface area contributed by atoms with Crippen LogP contribution in [-0.2, 0) is 25.7 Å². The van der Waals surface area contributed by atoms with Crippen LogP contribution in [0.5, 0.6) is 0 Å². The normalized spacial score (nSPS) is 16.8. The lowest BCUT2D eigenvalue weighted by molar-refractivity contribution is -0.129. The quantitative estimate of drug-likeness (QED) is 0.516. The number of methoxy groups -OCH3 is 1. The topological polar surface area (TPSA) is 96.5 Å². The molecule has 1 aliphatic heterocycles. The summed E-state index contributed by atoms with van der Waals surface area (Å²) in [7, 11) is -0.267. The van der Waals surface area contributed by atoms with Crippen molar-refractivity contribution in [1.82, 2.24) is 10.6 Å². The minimum Gasteiger partial charge on any atom is -0.380 e. The van der Waals surface area contributed by atoms with E-state index in [-0.39, 0.29) is 24.7 Å². The van der Waals surface area contributed by atoms with Crippen molar-refractivity contribution in [3.05, 3.63) is 59.4 Å². The zero-order valence-electron chi connectivity index (χ0n) is 19.3. The lowest BCUT2D eigenvalue weighted by Crippen LogP contribution is -2.41. The third-order valence-corrected chi connectivity index (χ3v) is 7.59. The molecule has 0 spiro atoms. The van der Waals surface area contributed by atoms with Crippen LogP contribution in [0.1, 0.15) is 23.6 Å². The van der Waals surface area contributed by atoms with Gasteiger partial charge in [-0.2, -0.15) is 0 Å². The minimum atomic E-state index is -1.86. The maximum Gasteiger partial charge on any atom is 0.251 e. The Balaban J connectivity index is 1.83. The maximum absolute atomic E-state index is 14.7. The van der Waals surface area contributed by atoms with E-state index >= 15 is 0 Å². The maximum atomic E-state index is 14.7. The summed E-state index contributed by atoms with van der Waals surface area (Å²) in [5, 5.41) is 8.78. The van der Waals surface area contributed by atoms with Gasteiger partial charge in [-0.05, 0) is 28.4 Å². The van der Waals surface area contributed by atoms with Gasteiger partial charge in [-0.25, -0.2) is 4.39 Å². The summed E-state index contributed by atoms with van der Waals surface area (Å²) in [5.74, 6) is -1.99. The zero-order chi connectivity index (χ0) is 24.2. The van der Waals surface area contributed by atoms with Crippen molar-refractivity contribution in [2.24, 2.45) is 5.92 Å². The van der Waals surface area contributed by atoms with Crippen LogP contribution in [0.15, 0.2) is 42.5 Å². The van der Waals surface area contributed by atoms with Crippen molar-refractivity contribution < 1.29 is 23.5 Å². The number of anilines is 1. The number of hydrogen-bond donors (Lipinski definition) is 3. The number of ether oxygens (including phenoxy) is 1. The molecular formula is C24H30FN3O4Si. The highest BCUT2D eigenvalue weighted by Gasteiger charge is 2.32. The number of carbonyl (C=O) groups excluding carboxylic acids is 3. The van der Waals surface area contributed by atoms with E-state index in [1.807, 2.05) is 31.8 Å². The van der Waals surface area contributed by atoms with Gasteiger partial charge < -0.3 is 20.7 Å². The first kappa shape index (κ1) is 24.6. The van der Waals surface area contributed by atoms with Crippen LogP contribution in [-0.4, -0.2) is 39.4 Å². The Labute approximate surface area is 194 Å². The van der Waals surface area contributed by atoms with Crippen LogP contribution in [0.4, 0.5) is 10.1 Å². The Hall–Kier alpha value is -3.04. The van der Waals surface area contributed by atoms with Crippen LogP contribution in [0, 0.1) is 11.7 Å². The second-order valence-electron chi connectivity index (χ2n) is 9.26. The van der Waals surface area contributed by atoms with Gasteiger partial charge in [0.15, 0.2) is 0 Å². The molecule has 3 rings (SSSR count). The molecule has 33 heavy (non-hydrogen) atoms. The third-order valence-electron chi connectivity index (χ3n) is 5.57. The molecular weight excluding hydrogens is 441 g/mol. The highest BCUT2D eigenvalue weighted by Crippen LogP contribution is 2.20. The predicted molar refractivity (Wildman–Crippen MR) is 127 cm³/mol. The Bertz CT molecular complexity index is 1040. The molecule has 0 aromatic heterocycles. The van der Waals surface area contributed by atoms with E-state index in [4.69, 9.17) is 4.74 Å². The lowest BCUT2D eigenvalue weighted by Gasteiger charge is -2.22. The highest BCUT2D eigenvalue weighted by atomic mass is 28.3. The van der Waals surface area contributed by atoms with Crippen LogP contribution in [0.25, 0.3) is 0 Å². The van der Waals surface area contributed by atoms with Crippen molar-refractivity contribution in [2.75, 3.05) is 19.0 Å². The third kappa shape index (κ3) is 6.26. The lowest BCUT2D eigenvalue weighted by atomic mass is 10.0. The van der Waals surface area contributed by atoms with Crippen LogP contribution in [0.2, 0.25) is 19.6 Å². The number of rotatable bonds is 8. The fourth-order valence-corrected chi connectivity index (χ4v) is 5.11. The monoisotopic (exact) mass is 471 g/mol. The molecule has 7 nitrogen and oxygen atoms in total. The molecule has 9 heteroatoms. The van der Waals surface area contributed by atoms with E-state index in [9.17, 15) is 18.8 Å². The first-order chi connectivity index (χ1) is 15.6. The molecule has 1 saturated heterocycles.